The normalized spacial score (nSPS) is 20.8. The first-order valence-electron chi connectivity index (χ1n) is 12.9. The Morgan fingerprint density at radius 3 is 2.64 bits per heavy atom. The number of pyridine rings is 1. The van der Waals surface area contributed by atoms with Gasteiger partial charge >= 0.3 is 0 Å². The van der Waals surface area contributed by atoms with Crippen molar-refractivity contribution in [2.75, 3.05) is 39.1 Å². The summed E-state index contributed by atoms with van der Waals surface area (Å²) in [4.78, 5) is 4.67. The maximum Gasteiger partial charge on any atom is 0.244 e. The van der Waals surface area contributed by atoms with Crippen LogP contribution in [0.5, 0.6) is 5.75 Å². The summed E-state index contributed by atoms with van der Waals surface area (Å²) in [7, 11) is -7.00. The van der Waals surface area contributed by atoms with Crippen LogP contribution in [0, 0.1) is 0 Å². The molecular weight excluding hydrogens is 542 g/mol. The van der Waals surface area contributed by atoms with Gasteiger partial charge in [0.2, 0.25) is 10.0 Å². The molecule has 1 spiro atoms. The molecule has 0 bridgehead atoms. The van der Waals surface area contributed by atoms with E-state index in [1.165, 1.54) is 22.6 Å². The molecule has 12 heteroatoms. The lowest BCUT2D eigenvalue weighted by molar-refractivity contribution is -0.0312. The first kappa shape index (κ1) is 27.9. The molecule has 0 saturated carbocycles. The van der Waals surface area contributed by atoms with E-state index in [0.29, 0.717) is 38.3 Å². The largest absolute Gasteiger partial charge is 0.491 e. The van der Waals surface area contributed by atoms with Gasteiger partial charge in [-0.1, -0.05) is 24.3 Å². The number of hydrogen-bond donors (Lipinski definition) is 2. The van der Waals surface area contributed by atoms with Gasteiger partial charge in [-0.2, -0.15) is 4.31 Å². The van der Waals surface area contributed by atoms with Gasteiger partial charge in [-0.05, 0) is 49.6 Å². The number of aliphatic hydroxyl groups excluding tert-OH is 1. The maximum atomic E-state index is 13.3. The molecular formula is C27H33N3O7S2. The van der Waals surface area contributed by atoms with Crippen molar-refractivity contribution in [3.05, 3.63) is 60.8 Å². The second kappa shape index (κ2) is 11.1. The van der Waals surface area contributed by atoms with Gasteiger partial charge in [-0.15, -0.1) is 0 Å². The Kier molecular flexibility index (Phi) is 7.96. The number of nitrogens with one attached hydrogen (secondary N) is 1. The van der Waals surface area contributed by atoms with Crippen LogP contribution in [0.2, 0.25) is 0 Å². The van der Waals surface area contributed by atoms with Gasteiger partial charge in [-0.25, -0.2) is 16.8 Å². The van der Waals surface area contributed by atoms with Crippen molar-refractivity contribution < 1.29 is 31.4 Å². The summed E-state index contributed by atoms with van der Waals surface area (Å²) in [6, 6.07) is 15.3. The lowest BCUT2D eigenvalue weighted by atomic mass is 9.88. The minimum atomic E-state index is -3.66. The van der Waals surface area contributed by atoms with Crippen molar-refractivity contribution in [3.8, 4) is 5.75 Å². The molecule has 2 N–H and O–H groups in total. The second-order valence-corrected chi connectivity index (χ2v) is 14.2. The van der Waals surface area contributed by atoms with Crippen molar-refractivity contribution in [3.63, 3.8) is 0 Å². The highest BCUT2D eigenvalue weighted by molar-refractivity contribution is 7.90. The van der Waals surface area contributed by atoms with Crippen LogP contribution in [0.25, 0.3) is 10.9 Å². The minimum absolute atomic E-state index is 0.00931. The van der Waals surface area contributed by atoms with Crippen LogP contribution in [0.1, 0.15) is 19.3 Å². The van der Waals surface area contributed by atoms with E-state index >= 15 is 0 Å². The SMILES string of the molecule is CS(=O)(=O)c1cccc(OCC(O)CN[C@H]2COC3(CCN(S(=O)(=O)c4cnc5ccccc5c4)CC3)C2)c1. The van der Waals surface area contributed by atoms with Crippen LogP contribution in [-0.2, 0) is 24.6 Å². The molecule has 3 aromatic rings. The third-order valence-electron chi connectivity index (χ3n) is 7.36. The molecule has 39 heavy (non-hydrogen) atoms. The number of piperidine rings is 1. The van der Waals surface area contributed by atoms with E-state index in [2.05, 4.69) is 10.3 Å². The highest BCUT2D eigenvalue weighted by Gasteiger charge is 2.44. The minimum Gasteiger partial charge on any atom is -0.491 e. The van der Waals surface area contributed by atoms with Crippen LogP contribution in [0.4, 0.5) is 0 Å². The van der Waals surface area contributed by atoms with E-state index in [0.717, 1.165) is 23.6 Å². The molecule has 2 saturated heterocycles. The van der Waals surface area contributed by atoms with E-state index in [4.69, 9.17) is 9.47 Å². The number of nitrogens with zero attached hydrogens (tertiary/aromatic N) is 2. The zero-order valence-corrected chi connectivity index (χ0v) is 23.3. The summed E-state index contributed by atoms with van der Waals surface area (Å²) in [5.41, 5.74) is 0.364. The highest BCUT2D eigenvalue weighted by Crippen LogP contribution is 2.37. The van der Waals surface area contributed by atoms with Gasteiger partial charge < -0.3 is 19.9 Å². The standard InChI is InChI=1S/C27H33N3O7S2/c1-38(32,33)24-7-4-6-23(14-24)36-19-22(31)16-28-21-15-27(37-18-21)9-11-30(12-10-27)39(34,35)25-13-20-5-2-3-8-26(20)29-17-25/h2-8,13-14,17,21-22,28,31H,9-12,15-16,18-19H2,1H3/t21-,22?/m1/s1. The van der Waals surface area contributed by atoms with Gasteiger partial charge in [0.15, 0.2) is 9.84 Å². The molecule has 0 aliphatic carbocycles. The van der Waals surface area contributed by atoms with Crippen molar-refractivity contribution >= 4 is 30.8 Å². The molecule has 1 unspecified atom stereocenters. The Morgan fingerprint density at radius 2 is 1.87 bits per heavy atom. The van der Waals surface area contributed by atoms with Crippen LogP contribution >= 0.6 is 0 Å². The smallest absolute Gasteiger partial charge is 0.244 e. The molecule has 0 amide bonds. The van der Waals surface area contributed by atoms with E-state index in [9.17, 15) is 21.9 Å². The van der Waals surface area contributed by atoms with Gasteiger partial charge in [0, 0.05) is 43.5 Å². The summed E-state index contributed by atoms with van der Waals surface area (Å²) in [5, 5.41) is 14.5. The van der Waals surface area contributed by atoms with Crippen molar-refractivity contribution in [2.24, 2.45) is 0 Å². The Labute approximate surface area is 228 Å². The number of fused-ring (bicyclic) bond motifs is 1. The van der Waals surface area contributed by atoms with Crippen LogP contribution in [0.3, 0.4) is 0 Å². The Balaban J connectivity index is 1.10. The van der Waals surface area contributed by atoms with Crippen molar-refractivity contribution in [1.82, 2.24) is 14.6 Å². The molecule has 5 rings (SSSR count). The Morgan fingerprint density at radius 1 is 1.10 bits per heavy atom. The number of para-hydroxylation sites is 1. The molecule has 2 aromatic carbocycles. The third-order valence-corrected chi connectivity index (χ3v) is 10.3. The first-order valence-corrected chi connectivity index (χ1v) is 16.2. The zero-order chi connectivity index (χ0) is 27.7. The molecule has 10 nitrogen and oxygen atoms in total. The molecule has 2 atom stereocenters. The third kappa shape index (κ3) is 6.42. The number of benzene rings is 2. The van der Waals surface area contributed by atoms with Crippen LogP contribution < -0.4 is 10.1 Å². The molecule has 2 fully saturated rings. The first-order chi connectivity index (χ1) is 18.5. The van der Waals surface area contributed by atoms with Crippen LogP contribution in [-0.4, -0.2) is 88.1 Å². The fraction of sp³-hybridized carbons (Fsp3) is 0.444. The van der Waals surface area contributed by atoms with Gasteiger partial charge in [-0.3, -0.25) is 4.98 Å². The van der Waals surface area contributed by atoms with Crippen LogP contribution in [0.15, 0.2) is 70.6 Å². The fourth-order valence-corrected chi connectivity index (χ4v) is 7.23. The van der Waals surface area contributed by atoms with Gasteiger partial charge in [0.25, 0.3) is 0 Å². The average molecular weight is 576 g/mol. The summed E-state index contributed by atoms with van der Waals surface area (Å²) in [6.45, 7) is 1.50. The van der Waals surface area contributed by atoms with Gasteiger partial charge in [0.1, 0.15) is 23.4 Å². The number of rotatable bonds is 9. The quantitative estimate of drug-likeness (QED) is 0.393. The predicted molar refractivity (Wildman–Crippen MR) is 146 cm³/mol. The Bertz CT molecular complexity index is 1540. The fourth-order valence-electron chi connectivity index (χ4n) is 5.15. The van der Waals surface area contributed by atoms with E-state index in [1.54, 1.807) is 18.2 Å². The molecule has 210 valence electrons. The molecule has 2 aliphatic rings. The van der Waals surface area contributed by atoms with Crippen molar-refractivity contribution in [2.45, 2.75) is 46.8 Å². The monoisotopic (exact) mass is 575 g/mol. The lowest BCUT2D eigenvalue weighted by Gasteiger charge is -2.38. The number of aromatic nitrogens is 1. The average Bonchev–Trinajstić information content (AvgIpc) is 3.32. The van der Waals surface area contributed by atoms with E-state index < -0.39 is 31.6 Å². The number of aliphatic hydroxyl groups is 1. The Hall–Kier alpha value is -2.61. The van der Waals surface area contributed by atoms with E-state index in [-0.39, 0.29) is 29.0 Å². The highest BCUT2D eigenvalue weighted by atomic mass is 32.2. The van der Waals surface area contributed by atoms with Gasteiger partial charge in [0.05, 0.1) is 22.6 Å². The lowest BCUT2D eigenvalue weighted by Crippen LogP contribution is -2.47. The summed E-state index contributed by atoms with van der Waals surface area (Å²) < 4.78 is 63.2. The number of sulfonamides is 1. The molecule has 1 aromatic heterocycles. The summed E-state index contributed by atoms with van der Waals surface area (Å²) >= 11 is 0. The topological polar surface area (TPSA) is 135 Å². The molecule has 2 aliphatic heterocycles. The zero-order valence-electron chi connectivity index (χ0n) is 21.7. The second-order valence-electron chi connectivity index (χ2n) is 10.3. The maximum absolute atomic E-state index is 13.3. The summed E-state index contributed by atoms with van der Waals surface area (Å²) in [6.07, 6.45) is 3.66. The van der Waals surface area contributed by atoms with E-state index in [1.807, 2.05) is 24.3 Å². The molecule has 3 heterocycles. The number of sulfone groups is 1. The summed E-state index contributed by atoms with van der Waals surface area (Å²) in [5.74, 6) is 0.376. The van der Waals surface area contributed by atoms with Crippen molar-refractivity contribution in [1.29, 1.82) is 0 Å². The molecule has 0 radical (unpaired) electrons. The number of hydrogen-bond acceptors (Lipinski definition) is 9. The predicted octanol–water partition coefficient (Wildman–Crippen LogP) is 1.98. The number of ether oxygens (including phenoxy) is 2.